The Bertz CT molecular complexity index is 844. The molecule has 0 radical (unpaired) electrons. The number of halogens is 2. The van der Waals surface area contributed by atoms with Gasteiger partial charge in [-0.1, -0.05) is 15.9 Å². The van der Waals surface area contributed by atoms with Crippen molar-refractivity contribution in [2.24, 2.45) is 0 Å². The quantitative estimate of drug-likeness (QED) is 0.615. The fourth-order valence-electron chi connectivity index (χ4n) is 2.11. The summed E-state index contributed by atoms with van der Waals surface area (Å²) >= 11 is 3.17. The summed E-state index contributed by atoms with van der Waals surface area (Å²) in [5.41, 5.74) is 7.63. The van der Waals surface area contributed by atoms with Gasteiger partial charge in [0.05, 0.1) is 11.3 Å². The van der Waals surface area contributed by atoms with Crippen molar-refractivity contribution < 1.29 is 9.18 Å². The summed E-state index contributed by atoms with van der Waals surface area (Å²) in [6, 6.07) is 9.68. The van der Waals surface area contributed by atoms with E-state index in [0.29, 0.717) is 15.7 Å². The van der Waals surface area contributed by atoms with Crippen LogP contribution >= 0.6 is 15.9 Å². The highest BCUT2D eigenvalue weighted by atomic mass is 79.9. The molecule has 0 bridgehead atoms. The third-order valence-electron chi connectivity index (χ3n) is 3.13. The first-order valence-corrected chi connectivity index (χ1v) is 6.97. The van der Waals surface area contributed by atoms with Gasteiger partial charge in [0.1, 0.15) is 5.82 Å². The van der Waals surface area contributed by atoms with Crippen LogP contribution in [0.25, 0.3) is 10.9 Å². The predicted molar refractivity (Wildman–Crippen MR) is 84.8 cm³/mol. The van der Waals surface area contributed by atoms with Crippen LogP contribution in [0.3, 0.4) is 0 Å². The van der Waals surface area contributed by atoms with Crippen molar-refractivity contribution >= 4 is 44.1 Å². The van der Waals surface area contributed by atoms with Gasteiger partial charge >= 0.3 is 0 Å². The number of benzene rings is 2. The van der Waals surface area contributed by atoms with E-state index in [2.05, 4.69) is 26.2 Å². The summed E-state index contributed by atoms with van der Waals surface area (Å²) in [5, 5.41) is 3.30. The Kier molecular flexibility index (Phi) is 3.39. The fourth-order valence-corrected chi connectivity index (χ4v) is 2.45. The van der Waals surface area contributed by atoms with Crippen molar-refractivity contribution in [2.75, 3.05) is 11.1 Å². The summed E-state index contributed by atoms with van der Waals surface area (Å²) in [6.45, 7) is 0. The van der Waals surface area contributed by atoms with Crippen LogP contribution in [0.5, 0.6) is 0 Å². The van der Waals surface area contributed by atoms with Gasteiger partial charge in [-0.25, -0.2) is 4.39 Å². The number of amides is 1. The van der Waals surface area contributed by atoms with E-state index in [1.54, 1.807) is 30.5 Å². The molecule has 106 valence electrons. The largest absolute Gasteiger partial charge is 0.399 e. The highest BCUT2D eigenvalue weighted by Crippen LogP contribution is 2.23. The average Bonchev–Trinajstić information content (AvgIpc) is 2.84. The van der Waals surface area contributed by atoms with Crippen LogP contribution in [0.2, 0.25) is 0 Å². The monoisotopic (exact) mass is 347 g/mol. The molecule has 1 heterocycles. The van der Waals surface area contributed by atoms with E-state index in [0.717, 1.165) is 10.9 Å². The first-order valence-electron chi connectivity index (χ1n) is 6.17. The van der Waals surface area contributed by atoms with Crippen LogP contribution < -0.4 is 11.1 Å². The lowest BCUT2D eigenvalue weighted by atomic mass is 10.1. The van der Waals surface area contributed by atoms with Crippen LogP contribution in [-0.4, -0.2) is 10.9 Å². The second kappa shape index (κ2) is 5.21. The van der Waals surface area contributed by atoms with E-state index < -0.39 is 5.82 Å². The Hall–Kier alpha value is -2.34. The molecule has 3 rings (SSSR count). The van der Waals surface area contributed by atoms with Crippen molar-refractivity contribution in [1.29, 1.82) is 0 Å². The Labute approximate surface area is 128 Å². The number of nitrogens with two attached hydrogens (primary N) is 1. The number of hydrogen-bond acceptors (Lipinski definition) is 2. The Morgan fingerprint density at radius 3 is 2.81 bits per heavy atom. The van der Waals surface area contributed by atoms with Crippen LogP contribution in [0, 0.1) is 5.82 Å². The number of H-pyrrole nitrogens is 1. The van der Waals surface area contributed by atoms with Gasteiger partial charge in [0.25, 0.3) is 5.91 Å². The minimum atomic E-state index is -0.498. The Morgan fingerprint density at radius 2 is 2.05 bits per heavy atom. The van der Waals surface area contributed by atoms with Gasteiger partial charge in [0.15, 0.2) is 0 Å². The molecule has 4 N–H and O–H groups in total. The summed E-state index contributed by atoms with van der Waals surface area (Å²) in [4.78, 5) is 15.2. The minimum Gasteiger partial charge on any atom is -0.399 e. The zero-order valence-electron chi connectivity index (χ0n) is 10.8. The lowest BCUT2D eigenvalue weighted by Crippen LogP contribution is -2.12. The van der Waals surface area contributed by atoms with Crippen molar-refractivity contribution in [3.63, 3.8) is 0 Å². The predicted octanol–water partition coefficient (Wildman–Crippen LogP) is 3.90. The first-order chi connectivity index (χ1) is 10.0. The van der Waals surface area contributed by atoms with Crippen molar-refractivity contribution in [2.45, 2.75) is 0 Å². The lowest BCUT2D eigenvalue weighted by molar-refractivity contribution is 0.102. The topological polar surface area (TPSA) is 70.9 Å². The zero-order chi connectivity index (χ0) is 15.0. The highest BCUT2D eigenvalue weighted by molar-refractivity contribution is 9.10. The number of aromatic nitrogens is 1. The van der Waals surface area contributed by atoms with E-state index >= 15 is 0 Å². The number of carbonyl (C=O) groups excluding carboxylic acids is 1. The van der Waals surface area contributed by atoms with Crippen LogP contribution in [-0.2, 0) is 0 Å². The number of fused-ring (bicyclic) bond motifs is 1. The number of nitrogens with one attached hydrogen (secondary N) is 2. The molecule has 1 aromatic heterocycles. The van der Waals surface area contributed by atoms with E-state index in [1.165, 1.54) is 12.1 Å². The number of nitrogen functional groups attached to an aromatic ring is 1. The fraction of sp³-hybridized carbons (Fsp3) is 0. The zero-order valence-corrected chi connectivity index (χ0v) is 12.4. The molecule has 0 saturated carbocycles. The summed E-state index contributed by atoms with van der Waals surface area (Å²) < 4.78 is 14.4. The molecule has 21 heavy (non-hydrogen) atoms. The molecule has 0 saturated heterocycles. The van der Waals surface area contributed by atoms with E-state index in [-0.39, 0.29) is 11.6 Å². The molecule has 1 amide bonds. The Balaban J connectivity index is 1.94. The number of rotatable bonds is 2. The third-order valence-corrected chi connectivity index (χ3v) is 3.62. The van der Waals surface area contributed by atoms with Gasteiger partial charge < -0.3 is 16.0 Å². The molecule has 2 aromatic carbocycles. The molecule has 0 fully saturated rings. The maximum atomic E-state index is 13.8. The number of hydrogen-bond donors (Lipinski definition) is 3. The second-order valence-electron chi connectivity index (χ2n) is 4.59. The second-order valence-corrected chi connectivity index (χ2v) is 5.50. The van der Waals surface area contributed by atoms with Crippen molar-refractivity contribution in [3.8, 4) is 0 Å². The van der Waals surface area contributed by atoms with Gasteiger partial charge in [0.2, 0.25) is 0 Å². The van der Waals surface area contributed by atoms with E-state index in [1.807, 2.05) is 0 Å². The standard InChI is InChI=1S/C15H11BrFN3O/c16-8-1-4-13(12(17)5-8)20-15(21)11-7-19-14-6-9(18)2-3-10(11)14/h1-7,19H,18H2,(H,20,21). The number of anilines is 2. The molecule has 0 aliphatic carbocycles. The average molecular weight is 348 g/mol. The summed E-state index contributed by atoms with van der Waals surface area (Å²) in [5.74, 6) is -0.881. The van der Waals surface area contributed by atoms with Crippen LogP contribution in [0.15, 0.2) is 47.1 Å². The molecule has 6 heteroatoms. The smallest absolute Gasteiger partial charge is 0.257 e. The van der Waals surface area contributed by atoms with Gasteiger partial charge in [-0.3, -0.25) is 4.79 Å². The van der Waals surface area contributed by atoms with Gasteiger partial charge in [-0.15, -0.1) is 0 Å². The number of carbonyl (C=O) groups is 1. The molecule has 3 aromatic rings. The van der Waals surface area contributed by atoms with E-state index in [4.69, 9.17) is 5.73 Å². The molecule has 0 unspecified atom stereocenters. The third kappa shape index (κ3) is 2.62. The van der Waals surface area contributed by atoms with Gasteiger partial charge in [-0.05, 0) is 36.4 Å². The molecule has 0 spiro atoms. The molecule has 0 aliphatic rings. The van der Waals surface area contributed by atoms with Gasteiger partial charge in [-0.2, -0.15) is 0 Å². The molecular weight excluding hydrogens is 337 g/mol. The maximum Gasteiger partial charge on any atom is 0.257 e. The normalized spacial score (nSPS) is 10.8. The summed E-state index contributed by atoms with van der Waals surface area (Å²) in [6.07, 6.45) is 1.58. The molecule has 4 nitrogen and oxygen atoms in total. The highest BCUT2D eigenvalue weighted by Gasteiger charge is 2.14. The molecule has 0 atom stereocenters. The van der Waals surface area contributed by atoms with E-state index in [9.17, 15) is 9.18 Å². The Morgan fingerprint density at radius 1 is 1.24 bits per heavy atom. The SMILES string of the molecule is Nc1ccc2c(C(=O)Nc3ccc(Br)cc3F)c[nH]c2c1. The van der Waals surface area contributed by atoms with Crippen molar-refractivity contribution in [3.05, 3.63) is 58.4 Å². The summed E-state index contributed by atoms with van der Waals surface area (Å²) in [7, 11) is 0. The maximum absolute atomic E-state index is 13.8. The van der Waals surface area contributed by atoms with Gasteiger partial charge in [0, 0.05) is 27.3 Å². The lowest BCUT2D eigenvalue weighted by Gasteiger charge is -2.06. The number of aromatic amines is 1. The van der Waals surface area contributed by atoms with Crippen LogP contribution in [0.1, 0.15) is 10.4 Å². The van der Waals surface area contributed by atoms with Crippen LogP contribution in [0.4, 0.5) is 15.8 Å². The minimum absolute atomic E-state index is 0.132. The first kappa shape index (κ1) is 13.6. The molecule has 0 aliphatic heterocycles. The van der Waals surface area contributed by atoms with Crippen molar-refractivity contribution in [1.82, 2.24) is 4.98 Å². The molecular formula is C15H11BrFN3O.